The molecule has 2 unspecified atom stereocenters. The van der Waals surface area contributed by atoms with Gasteiger partial charge in [-0.25, -0.2) is 0 Å². The lowest BCUT2D eigenvalue weighted by molar-refractivity contribution is 0.335. The molecule has 1 aromatic rings. The van der Waals surface area contributed by atoms with Crippen LogP contribution < -0.4 is 5.73 Å². The van der Waals surface area contributed by atoms with Crippen LogP contribution in [0.25, 0.3) is 0 Å². The molecule has 2 N–H and O–H groups in total. The Kier molecular flexibility index (Phi) is 5.45. The molecule has 1 fully saturated rings. The van der Waals surface area contributed by atoms with Crippen LogP contribution in [0.3, 0.4) is 0 Å². The van der Waals surface area contributed by atoms with Crippen LogP contribution >= 0.6 is 0 Å². The number of rotatable bonds is 5. The molecule has 1 heteroatoms. The topological polar surface area (TPSA) is 26.0 Å². The molecular formula is C18H29N. The highest BCUT2D eigenvalue weighted by atomic mass is 14.7. The third-order valence-electron chi connectivity index (χ3n) is 4.79. The number of hydrogen-bond donors (Lipinski definition) is 1. The van der Waals surface area contributed by atoms with Crippen LogP contribution in [0.5, 0.6) is 0 Å². The molecule has 0 aliphatic heterocycles. The first-order chi connectivity index (χ1) is 9.22. The summed E-state index contributed by atoms with van der Waals surface area (Å²) in [7, 11) is 0. The molecule has 2 rings (SSSR count). The van der Waals surface area contributed by atoms with Crippen molar-refractivity contribution in [1.82, 2.24) is 0 Å². The van der Waals surface area contributed by atoms with Crippen LogP contribution in [0.15, 0.2) is 30.3 Å². The summed E-state index contributed by atoms with van der Waals surface area (Å²) >= 11 is 0. The van der Waals surface area contributed by atoms with E-state index in [0.29, 0.717) is 0 Å². The summed E-state index contributed by atoms with van der Waals surface area (Å²) in [5, 5.41) is 0. The fourth-order valence-corrected chi connectivity index (χ4v) is 3.49. The largest absolute Gasteiger partial charge is 0.325 e. The van der Waals surface area contributed by atoms with Gasteiger partial charge in [0.05, 0.1) is 0 Å². The second-order valence-corrected chi connectivity index (χ2v) is 6.43. The molecule has 1 nitrogen and oxygen atoms in total. The van der Waals surface area contributed by atoms with Gasteiger partial charge in [0.25, 0.3) is 0 Å². The van der Waals surface area contributed by atoms with Gasteiger partial charge in [-0.05, 0) is 43.6 Å². The summed E-state index contributed by atoms with van der Waals surface area (Å²) in [4.78, 5) is 0. The lowest BCUT2D eigenvalue weighted by Crippen LogP contribution is -2.39. The molecule has 0 radical (unpaired) electrons. The van der Waals surface area contributed by atoms with Crippen LogP contribution in [0.2, 0.25) is 0 Å². The molecule has 0 amide bonds. The van der Waals surface area contributed by atoms with Crippen LogP contribution in [-0.4, -0.2) is 5.54 Å². The maximum Gasteiger partial charge on any atom is 0.0157 e. The van der Waals surface area contributed by atoms with Crippen molar-refractivity contribution in [3.05, 3.63) is 35.9 Å². The second kappa shape index (κ2) is 7.09. The quantitative estimate of drug-likeness (QED) is 0.762. The summed E-state index contributed by atoms with van der Waals surface area (Å²) in [6, 6.07) is 10.8. The number of nitrogens with two attached hydrogens (primary N) is 1. The Morgan fingerprint density at radius 2 is 1.95 bits per heavy atom. The summed E-state index contributed by atoms with van der Waals surface area (Å²) in [5.74, 6) is 0.937. The summed E-state index contributed by atoms with van der Waals surface area (Å²) in [6.07, 6.45) is 11.5. The van der Waals surface area contributed by atoms with Crippen molar-refractivity contribution < 1.29 is 0 Å². The smallest absolute Gasteiger partial charge is 0.0157 e. The molecule has 1 saturated carbocycles. The van der Waals surface area contributed by atoms with E-state index in [1.54, 1.807) is 0 Å². The third-order valence-corrected chi connectivity index (χ3v) is 4.79. The summed E-state index contributed by atoms with van der Waals surface area (Å²) in [5.41, 5.74) is 8.19. The van der Waals surface area contributed by atoms with E-state index < -0.39 is 0 Å². The van der Waals surface area contributed by atoms with E-state index in [-0.39, 0.29) is 5.54 Å². The van der Waals surface area contributed by atoms with Crippen molar-refractivity contribution in [2.75, 3.05) is 0 Å². The third kappa shape index (κ3) is 4.65. The van der Waals surface area contributed by atoms with Crippen LogP contribution in [0.1, 0.15) is 63.9 Å². The number of aryl methyl sites for hydroxylation is 1. The van der Waals surface area contributed by atoms with E-state index in [0.717, 1.165) is 18.8 Å². The minimum atomic E-state index is 0.0956. The van der Waals surface area contributed by atoms with Crippen LogP contribution in [-0.2, 0) is 6.42 Å². The van der Waals surface area contributed by atoms with Gasteiger partial charge in [0.1, 0.15) is 0 Å². The molecule has 2 atom stereocenters. The summed E-state index contributed by atoms with van der Waals surface area (Å²) in [6.45, 7) is 2.30. The number of hydrogen-bond acceptors (Lipinski definition) is 1. The first-order valence-electron chi connectivity index (χ1n) is 8.05. The molecule has 19 heavy (non-hydrogen) atoms. The Bertz CT molecular complexity index is 359. The lowest BCUT2D eigenvalue weighted by Gasteiger charge is -2.28. The van der Waals surface area contributed by atoms with Crippen molar-refractivity contribution in [2.45, 2.75) is 70.3 Å². The molecule has 106 valence electrons. The molecule has 1 aromatic carbocycles. The van der Waals surface area contributed by atoms with Gasteiger partial charge in [0.15, 0.2) is 0 Å². The van der Waals surface area contributed by atoms with Gasteiger partial charge in [-0.1, -0.05) is 62.9 Å². The van der Waals surface area contributed by atoms with Gasteiger partial charge in [-0.15, -0.1) is 0 Å². The minimum absolute atomic E-state index is 0.0956. The molecule has 0 saturated heterocycles. The lowest BCUT2D eigenvalue weighted by atomic mass is 9.85. The van der Waals surface area contributed by atoms with Crippen molar-refractivity contribution in [3.63, 3.8) is 0 Å². The molecule has 0 spiro atoms. The SMILES string of the molecule is CCCC1CCCC(N)(CCc2ccccc2)CC1. The van der Waals surface area contributed by atoms with E-state index in [2.05, 4.69) is 37.3 Å². The maximum absolute atomic E-state index is 6.67. The minimum Gasteiger partial charge on any atom is -0.325 e. The van der Waals surface area contributed by atoms with Gasteiger partial charge in [-0.2, -0.15) is 0 Å². The highest BCUT2D eigenvalue weighted by molar-refractivity contribution is 5.15. The van der Waals surface area contributed by atoms with Gasteiger partial charge in [-0.3, -0.25) is 0 Å². The molecule has 0 aromatic heterocycles. The predicted octanol–water partition coefficient (Wildman–Crippen LogP) is 4.70. The Morgan fingerprint density at radius 3 is 2.68 bits per heavy atom. The Hall–Kier alpha value is -0.820. The fourth-order valence-electron chi connectivity index (χ4n) is 3.49. The van der Waals surface area contributed by atoms with Gasteiger partial charge < -0.3 is 5.73 Å². The molecule has 0 heterocycles. The standard InChI is InChI=1S/C18H29N/c1-2-7-16-10-6-13-18(19,14-11-16)15-12-17-8-4-3-5-9-17/h3-5,8-9,16H,2,6-7,10-15,19H2,1H3. The Morgan fingerprint density at radius 1 is 1.16 bits per heavy atom. The summed E-state index contributed by atoms with van der Waals surface area (Å²) < 4.78 is 0. The number of benzene rings is 1. The van der Waals surface area contributed by atoms with E-state index in [1.807, 2.05) is 0 Å². The maximum atomic E-state index is 6.67. The van der Waals surface area contributed by atoms with Crippen molar-refractivity contribution >= 4 is 0 Å². The monoisotopic (exact) mass is 259 g/mol. The van der Waals surface area contributed by atoms with E-state index in [9.17, 15) is 0 Å². The van der Waals surface area contributed by atoms with Crippen molar-refractivity contribution in [3.8, 4) is 0 Å². The zero-order chi connectivity index (χ0) is 13.6. The van der Waals surface area contributed by atoms with E-state index in [1.165, 1.54) is 50.5 Å². The van der Waals surface area contributed by atoms with Gasteiger partial charge in [0.2, 0.25) is 0 Å². The van der Waals surface area contributed by atoms with E-state index >= 15 is 0 Å². The first kappa shape index (κ1) is 14.6. The predicted molar refractivity (Wildman–Crippen MR) is 83.2 cm³/mol. The second-order valence-electron chi connectivity index (χ2n) is 6.43. The Labute approximate surface area is 118 Å². The molecule has 1 aliphatic rings. The average Bonchev–Trinajstić information content (AvgIpc) is 2.62. The van der Waals surface area contributed by atoms with E-state index in [4.69, 9.17) is 5.73 Å². The Balaban J connectivity index is 1.85. The average molecular weight is 259 g/mol. The van der Waals surface area contributed by atoms with Crippen molar-refractivity contribution in [1.29, 1.82) is 0 Å². The molecule has 1 aliphatic carbocycles. The highest BCUT2D eigenvalue weighted by Gasteiger charge is 2.28. The zero-order valence-electron chi connectivity index (χ0n) is 12.4. The zero-order valence-corrected chi connectivity index (χ0v) is 12.4. The van der Waals surface area contributed by atoms with Gasteiger partial charge in [0, 0.05) is 5.54 Å². The van der Waals surface area contributed by atoms with Crippen LogP contribution in [0, 0.1) is 5.92 Å². The fraction of sp³-hybridized carbons (Fsp3) is 0.667. The normalized spacial score (nSPS) is 28.0. The molecular weight excluding hydrogens is 230 g/mol. The highest BCUT2D eigenvalue weighted by Crippen LogP contribution is 2.33. The van der Waals surface area contributed by atoms with Crippen LogP contribution in [0.4, 0.5) is 0 Å². The molecule has 0 bridgehead atoms. The van der Waals surface area contributed by atoms with Gasteiger partial charge >= 0.3 is 0 Å². The first-order valence-corrected chi connectivity index (χ1v) is 8.05. The van der Waals surface area contributed by atoms with Crippen molar-refractivity contribution in [2.24, 2.45) is 11.7 Å².